The second kappa shape index (κ2) is 3.77. The fourth-order valence-electron chi connectivity index (χ4n) is 1.65. The van der Waals surface area contributed by atoms with E-state index < -0.39 is 0 Å². The molecule has 1 saturated heterocycles. The molecule has 1 atom stereocenters. The number of aliphatic hydroxyl groups excluding tert-OH is 1. The van der Waals surface area contributed by atoms with E-state index in [1.165, 1.54) is 0 Å². The average Bonchev–Trinajstić information content (AvgIpc) is 2.71. The van der Waals surface area contributed by atoms with Gasteiger partial charge in [-0.3, -0.25) is 0 Å². The quantitative estimate of drug-likeness (QED) is 0.811. The van der Waals surface area contributed by atoms with Gasteiger partial charge in [-0.1, -0.05) is 11.6 Å². The van der Waals surface area contributed by atoms with E-state index in [1.807, 2.05) is 4.90 Å². The summed E-state index contributed by atoms with van der Waals surface area (Å²) in [5.41, 5.74) is 0. The number of halogens is 1. The summed E-state index contributed by atoms with van der Waals surface area (Å²) in [5, 5.41) is 9.55. The first-order valence-electron chi connectivity index (χ1n) is 4.18. The van der Waals surface area contributed by atoms with Gasteiger partial charge in [-0.15, -0.1) is 0 Å². The SMILES string of the molecule is OCC1CCCN1c1nsnc1Cl. The summed E-state index contributed by atoms with van der Waals surface area (Å²) in [4.78, 5) is 2.03. The van der Waals surface area contributed by atoms with Gasteiger partial charge in [0.05, 0.1) is 24.4 Å². The highest BCUT2D eigenvalue weighted by atomic mass is 35.5. The van der Waals surface area contributed by atoms with Gasteiger partial charge >= 0.3 is 0 Å². The highest BCUT2D eigenvalue weighted by Gasteiger charge is 2.27. The Labute approximate surface area is 85.5 Å². The Bertz CT molecular complexity index is 293. The molecule has 2 rings (SSSR count). The third kappa shape index (κ3) is 1.63. The summed E-state index contributed by atoms with van der Waals surface area (Å²) in [7, 11) is 0. The average molecular weight is 220 g/mol. The molecule has 6 heteroatoms. The molecule has 1 aromatic rings. The van der Waals surface area contributed by atoms with E-state index in [2.05, 4.69) is 8.75 Å². The van der Waals surface area contributed by atoms with E-state index in [0.29, 0.717) is 5.15 Å². The second-order valence-electron chi connectivity index (χ2n) is 3.05. The van der Waals surface area contributed by atoms with Crippen LogP contribution in [-0.2, 0) is 0 Å². The van der Waals surface area contributed by atoms with Crippen LogP contribution in [0.15, 0.2) is 0 Å². The van der Waals surface area contributed by atoms with E-state index in [9.17, 15) is 0 Å². The predicted octanol–water partition coefficient (Wildman–Crippen LogP) is 1.15. The molecule has 1 aliphatic rings. The fraction of sp³-hybridized carbons (Fsp3) is 0.714. The molecule has 0 spiro atoms. The van der Waals surface area contributed by atoms with Crippen molar-refractivity contribution in [3.63, 3.8) is 0 Å². The summed E-state index contributed by atoms with van der Waals surface area (Å²) in [6.45, 7) is 1.07. The highest BCUT2D eigenvalue weighted by molar-refractivity contribution is 6.99. The van der Waals surface area contributed by atoms with E-state index in [-0.39, 0.29) is 12.6 Å². The fourth-order valence-corrected chi connectivity index (χ4v) is 2.41. The van der Waals surface area contributed by atoms with Crippen molar-refractivity contribution >= 4 is 29.1 Å². The van der Waals surface area contributed by atoms with Crippen LogP contribution in [0.5, 0.6) is 0 Å². The molecule has 0 amide bonds. The Hall–Kier alpha value is -0.390. The Morgan fingerprint density at radius 3 is 3.08 bits per heavy atom. The minimum atomic E-state index is 0.161. The Kier molecular flexibility index (Phi) is 2.66. The second-order valence-corrected chi connectivity index (χ2v) is 3.94. The number of rotatable bonds is 2. The lowest BCUT2D eigenvalue weighted by atomic mass is 10.2. The van der Waals surface area contributed by atoms with E-state index >= 15 is 0 Å². The monoisotopic (exact) mass is 219 g/mol. The lowest BCUT2D eigenvalue weighted by Crippen LogP contribution is -2.32. The Morgan fingerprint density at radius 2 is 2.46 bits per heavy atom. The van der Waals surface area contributed by atoms with Gasteiger partial charge in [0.2, 0.25) is 0 Å². The van der Waals surface area contributed by atoms with Gasteiger partial charge in [-0.25, -0.2) is 0 Å². The summed E-state index contributed by atoms with van der Waals surface area (Å²) in [5.74, 6) is 0.725. The van der Waals surface area contributed by atoms with Gasteiger partial charge < -0.3 is 10.0 Å². The minimum absolute atomic E-state index is 0.161. The standard InChI is InChI=1S/C7H10ClN3OS/c8-6-7(10-13-9-6)11-3-1-2-5(11)4-12/h5,12H,1-4H2. The zero-order valence-corrected chi connectivity index (χ0v) is 8.55. The van der Waals surface area contributed by atoms with Gasteiger partial charge in [0.25, 0.3) is 0 Å². The molecule has 72 valence electrons. The lowest BCUT2D eigenvalue weighted by Gasteiger charge is -2.22. The van der Waals surface area contributed by atoms with Gasteiger partial charge in [0.1, 0.15) is 0 Å². The summed E-state index contributed by atoms with van der Waals surface area (Å²) in [6.07, 6.45) is 2.09. The number of hydrogen-bond donors (Lipinski definition) is 1. The van der Waals surface area contributed by atoms with Gasteiger partial charge in [0.15, 0.2) is 11.0 Å². The number of anilines is 1. The van der Waals surface area contributed by atoms with Crippen molar-refractivity contribution < 1.29 is 5.11 Å². The van der Waals surface area contributed by atoms with Crippen LogP contribution in [0.2, 0.25) is 5.15 Å². The molecule has 0 saturated carbocycles. The van der Waals surface area contributed by atoms with Crippen molar-refractivity contribution in [1.82, 2.24) is 8.75 Å². The molecule has 0 radical (unpaired) electrons. The van der Waals surface area contributed by atoms with Crippen LogP contribution in [0.3, 0.4) is 0 Å². The number of nitrogens with zero attached hydrogens (tertiary/aromatic N) is 3. The first-order chi connectivity index (χ1) is 6.33. The topological polar surface area (TPSA) is 49.2 Å². The maximum atomic E-state index is 9.10. The number of hydrogen-bond acceptors (Lipinski definition) is 5. The molecule has 0 aromatic carbocycles. The molecule has 1 fully saturated rings. The van der Waals surface area contributed by atoms with Crippen LogP contribution in [0.1, 0.15) is 12.8 Å². The van der Waals surface area contributed by atoms with Crippen LogP contribution in [0.4, 0.5) is 5.82 Å². The number of aromatic nitrogens is 2. The van der Waals surface area contributed by atoms with Gasteiger partial charge in [-0.05, 0) is 12.8 Å². The molecule has 1 aromatic heterocycles. The van der Waals surface area contributed by atoms with Crippen molar-refractivity contribution in [2.75, 3.05) is 18.1 Å². The summed E-state index contributed by atoms with van der Waals surface area (Å²) >= 11 is 6.97. The maximum Gasteiger partial charge on any atom is 0.187 e. The van der Waals surface area contributed by atoms with E-state index in [1.54, 1.807) is 0 Å². The van der Waals surface area contributed by atoms with Crippen molar-refractivity contribution in [3.8, 4) is 0 Å². The number of aliphatic hydroxyl groups is 1. The molecule has 2 heterocycles. The Balaban J connectivity index is 2.20. The molecule has 0 aliphatic carbocycles. The normalized spacial score (nSPS) is 22.6. The van der Waals surface area contributed by atoms with E-state index in [4.69, 9.17) is 16.7 Å². The highest BCUT2D eigenvalue weighted by Crippen LogP contribution is 2.29. The van der Waals surface area contributed by atoms with Crippen LogP contribution < -0.4 is 4.90 Å². The molecule has 0 bridgehead atoms. The van der Waals surface area contributed by atoms with Crippen LogP contribution >= 0.6 is 23.3 Å². The molecule has 1 unspecified atom stereocenters. The maximum absolute atomic E-state index is 9.10. The third-order valence-corrected chi connectivity index (χ3v) is 3.17. The van der Waals surface area contributed by atoms with Crippen molar-refractivity contribution in [3.05, 3.63) is 5.15 Å². The van der Waals surface area contributed by atoms with E-state index in [0.717, 1.165) is 36.9 Å². The molecule has 13 heavy (non-hydrogen) atoms. The summed E-state index contributed by atoms with van der Waals surface area (Å²) < 4.78 is 8.01. The van der Waals surface area contributed by atoms with Crippen molar-refractivity contribution in [2.24, 2.45) is 0 Å². The molecular weight excluding hydrogens is 210 g/mol. The first-order valence-corrected chi connectivity index (χ1v) is 5.29. The minimum Gasteiger partial charge on any atom is -0.394 e. The molecule has 1 aliphatic heterocycles. The largest absolute Gasteiger partial charge is 0.394 e. The van der Waals surface area contributed by atoms with Crippen molar-refractivity contribution in [2.45, 2.75) is 18.9 Å². The Morgan fingerprint density at radius 1 is 1.62 bits per heavy atom. The molecular formula is C7H10ClN3OS. The lowest BCUT2D eigenvalue weighted by molar-refractivity contribution is 0.266. The zero-order chi connectivity index (χ0) is 9.26. The van der Waals surface area contributed by atoms with Crippen molar-refractivity contribution in [1.29, 1.82) is 0 Å². The van der Waals surface area contributed by atoms with Gasteiger partial charge in [0, 0.05) is 6.54 Å². The molecule has 1 N–H and O–H groups in total. The smallest absolute Gasteiger partial charge is 0.187 e. The van der Waals surface area contributed by atoms with Crippen LogP contribution in [0, 0.1) is 0 Å². The van der Waals surface area contributed by atoms with Crippen LogP contribution in [0.25, 0.3) is 0 Å². The van der Waals surface area contributed by atoms with Gasteiger partial charge in [-0.2, -0.15) is 8.75 Å². The summed E-state index contributed by atoms with van der Waals surface area (Å²) in [6, 6.07) is 0.168. The first kappa shape index (κ1) is 9.18. The van der Waals surface area contributed by atoms with Crippen LogP contribution in [-0.4, -0.2) is 33.0 Å². The third-order valence-electron chi connectivity index (χ3n) is 2.29. The molecule has 4 nitrogen and oxygen atoms in total. The predicted molar refractivity (Wildman–Crippen MR) is 52.4 cm³/mol. The zero-order valence-electron chi connectivity index (χ0n) is 6.98.